The molecule has 0 radical (unpaired) electrons. The SMILES string of the molecule is CN(Cc1ccccc1)C(=O)C(NS(=O)(=O)c1ccc2c(c1)CCC(=O)N2)c1ccccc1. The highest BCUT2D eigenvalue weighted by atomic mass is 32.2. The lowest BCUT2D eigenvalue weighted by atomic mass is 10.0. The molecular formula is C25H25N3O4S. The van der Waals surface area contributed by atoms with E-state index in [2.05, 4.69) is 10.0 Å². The topological polar surface area (TPSA) is 95.6 Å². The zero-order valence-electron chi connectivity index (χ0n) is 18.2. The van der Waals surface area contributed by atoms with Crippen molar-refractivity contribution < 1.29 is 18.0 Å². The molecule has 0 aromatic heterocycles. The van der Waals surface area contributed by atoms with Crippen molar-refractivity contribution in [3.05, 3.63) is 95.6 Å². The second-order valence-corrected chi connectivity index (χ2v) is 9.73. The summed E-state index contributed by atoms with van der Waals surface area (Å²) in [5, 5.41) is 2.75. The van der Waals surface area contributed by atoms with Crippen molar-refractivity contribution in [3.8, 4) is 0 Å². The van der Waals surface area contributed by atoms with Crippen LogP contribution in [0.1, 0.15) is 29.2 Å². The molecule has 2 N–H and O–H groups in total. The Labute approximate surface area is 193 Å². The van der Waals surface area contributed by atoms with Gasteiger partial charge in [0.15, 0.2) is 0 Å². The van der Waals surface area contributed by atoms with Gasteiger partial charge in [-0.3, -0.25) is 9.59 Å². The molecular weight excluding hydrogens is 438 g/mol. The Morgan fingerprint density at radius 2 is 1.67 bits per heavy atom. The molecule has 0 saturated heterocycles. The van der Waals surface area contributed by atoms with Crippen molar-refractivity contribution in [3.63, 3.8) is 0 Å². The maximum Gasteiger partial charge on any atom is 0.245 e. The van der Waals surface area contributed by atoms with Crippen molar-refractivity contribution in [1.82, 2.24) is 9.62 Å². The van der Waals surface area contributed by atoms with Crippen molar-refractivity contribution in [1.29, 1.82) is 0 Å². The first-order chi connectivity index (χ1) is 15.8. The van der Waals surface area contributed by atoms with Gasteiger partial charge in [-0.1, -0.05) is 60.7 Å². The summed E-state index contributed by atoms with van der Waals surface area (Å²) >= 11 is 0. The normalized spacial score (nSPS) is 14.2. The lowest BCUT2D eigenvalue weighted by molar-refractivity contribution is -0.132. The summed E-state index contributed by atoms with van der Waals surface area (Å²) < 4.78 is 29.2. The number of anilines is 1. The molecule has 2 amide bonds. The Balaban J connectivity index is 1.61. The fraction of sp³-hybridized carbons (Fsp3) is 0.200. The molecule has 1 heterocycles. The molecule has 0 saturated carbocycles. The largest absolute Gasteiger partial charge is 0.340 e. The van der Waals surface area contributed by atoms with Crippen molar-refractivity contribution in [2.45, 2.75) is 30.3 Å². The number of carbonyl (C=O) groups is 2. The van der Waals surface area contributed by atoms with Crippen LogP contribution in [0.5, 0.6) is 0 Å². The fourth-order valence-corrected chi connectivity index (χ4v) is 5.04. The number of sulfonamides is 1. The van der Waals surface area contributed by atoms with Gasteiger partial charge in [-0.25, -0.2) is 8.42 Å². The summed E-state index contributed by atoms with van der Waals surface area (Å²) in [4.78, 5) is 26.5. The van der Waals surface area contributed by atoms with Gasteiger partial charge in [-0.2, -0.15) is 4.72 Å². The first-order valence-electron chi connectivity index (χ1n) is 10.6. The van der Waals surface area contributed by atoms with Crippen LogP contribution in [0.2, 0.25) is 0 Å². The number of fused-ring (bicyclic) bond motifs is 1. The molecule has 33 heavy (non-hydrogen) atoms. The van der Waals surface area contributed by atoms with Crippen molar-refractivity contribution in [2.75, 3.05) is 12.4 Å². The smallest absolute Gasteiger partial charge is 0.245 e. The number of likely N-dealkylation sites (N-methyl/N-ethyl adjacent to an activating group) is 1. The van der Waals surface area contributed by atoms with Crippen LogP contribution in [0.25, 0.3) is 0 Å². The second-order valence-electron chi connectivity index (χ2n) is 8.01. The molecule has 170 valence electrons. The molecule has 1 aliphatic rings. The molecule has 1 atom stereocenters. The molecule has 1 aliphatic heterocycles. The minimum absolute atomic E-state index is 0.0526. The van der Waals surface area contributed by atoms with E-state index in [9.17, 15) is 18.0 Å². The number of hydrogen-bond donors (Lipinski definition) is 2. The molecule has 4 rings (SSSR count). The van der Waals surface area contributed by atoms with Gasteiger partial charge in [0.2, 0.25) is 21.8 Å². The van der Waals surface area contributed by atoms with Crippen LogP contribution < -0.4 is 10.0 Å². The van der Waals surface area contributed by atoms with Gasteiger partial charge in [-0.05, 0) is 41.3 Å². The lowest BCUT2D eigenvalue weighted by Gasteiger charge is -2.25. The van der Waals surface area contributed by atoms with Crippen molar-refractivity contribution >= 4 is 27.5 Å². The van der Waals surface area contributed by atoms with Crippen LogP contribution in [0.4, 0.5) is 5.69 Å². The van der Waals surface area contributed by atoms with E-state index in [4.69, 9.17) is 0 Å². The summed E-state index contributed by atoms with van der Waals surface area (Å²) in [6, 6.07) is 21.8. The Morgan fingerprint density at radius 3 is 2.36 bits per heavy atom. The average molecular weight is 464 g/mol. The molecule has 3 aromatic carbocycles. The van der Waals surface area contributed by atoms with Crippen LogP contribution in [0.15, 0.2) is 83.8 Å². The number of amides is 2. The van der Waals surface area contributed by atoms with Gasteiger partial charge in [0, 0.05) is 25.7 Å². The quantitative estimate of drug-likeness (QED) is 0.562. The first kappa shape index (κ1) is 22.7. The number of aryl methyl sites for hydroxylation is 1. The molecule has 0 aliphatic carbocycles. The molecule has 1 unspecified atom stereocenters. The molecule has 3 aromatic rings. The van der Waals surface area contributed by atoms with Gasteiger partial charge >= 0.3 is 0 Å². The summed E-state index contributed by atoms with van der Waals surface area (Å²) in [5.41, 5.74) is 2.86. The molecule has 7 nitrogen and oxygen atoms in total. The standard InChI is InChI=1S/C25H25N3O4S/c1-28(17-18-8-4-2-5-9-18)25(30)24(19-10-6-3-7-11-19)27-33(31,32)21-13-14-22-20(16-21)12-15-23(29)26-22/h2-11,13-14,16,24,27H,12,15,17H2,1H3,(H,26,29). The second kappa shape index (κ2) is 9.56. The van der Waals surface area contributed by atoms with E-state index in [-0.39, 0.29) is 16.7 Å². The highest BCUT2D eigenvalue weighted by molar-refractivity contribution is 7.89. The van der Waals surface area contributed by atoms with E-state index in [1.807, 2.05) is 36.4 Å². The summed E-state index contributed by atoms with van der Waals surface area (Å²) in [6.45, 7) is 0.350. The lowest BCUT2D eigenvalue weighted by Crippen LogP contribution is -2.41. The Bertz CT molecular complexity index is 1260. The third-order valence-electron chi connectivity index (χ3n) is 5.57. The highest BCUT2D eigenvalue weighted by Gasteiger charge is 2.30. The van der Waals surface area contributed by atoms with E-state index in [1.165, 1.54) is 11.0 Å². The first-order valence-corrected chi connectivity index (χ1v) is 12.1. The fourth-order valence-electron chi connectivity index (χ4n) is 3.81. The third-order valence-corrected chi connectivity index (χ3v) is 6.99. The predicted molar refractivity (Wildman–Crippen MR) is 126 cm³/mol. The monoisotopic (exact) mass is 463 g/mol. The van der Waals surface area contributed by atoms with E-state index >= 15 is 0 Å². The van der Waals surface area contributed by atoms with Crippen LogP contribution in [-0.4, -0.2) is 32.2 Å². The predicted octanol–water partition coefficient (Wildman–Crippen LogP) is 3.25. The minimum atomic E-state index is -4.02. The maximum absolute atomic E-state index is 13.4. The number of nitrogens with one attached hydrogen (secondary N) is 2. The Morgan fingerprint density at radius 1 is 1.00 bits per heavy atom. The van der Waals surface area contributed by atoms with Crippen molar-refractivity contribution in [2.24, 2.45) is 0 Å². The van der Waals surface area contributed by atoms with Gasteiger partial charge in [0.05, 0.1) is 4.90 Å². The number of hydrogen-bond acceptors (Lipinski definition) is 4. The molecule has 0 spiro atoms. The Kier molecular flexibility index (Phi) is 6.57. The van der Waals surface area contributed by atoms with Crippen LogP contribution in [0, 0.1) is 0 Å². The third kappa shape index (κ3) is 5.30. The number of nitrogens with zero attached hydrogens (tertiary/aromatic N) is 1. The van der Waals surface area contributed by atoms with E-state index in [0.717, 1.165) is 11.1 Å². The van der Waals surface area contributed by atoms with E-state index in [1.54, 1.807) is 43.4 Å². The van der Waals surface area contributed by atoms with Crippen LogP contribution >= 0.6 is 0 Å². The summed E-state index contributed by atoms with van der Waals surface area (Å²) in [7, 11) is -2.36. The van der Waals surface area contributed by atoms with Gasteiger partial charge in [0.1, 0.15) is 6.04 Å². The zero-order chi connectivity index (χ0) is 23.4. The molecule has 0 bridgehead atoms. The molecule has 0 fully saturated rings. The average Bonchev–Trinajstić information content (AvgIpc) is 2.83. The van der Waals surface area contributed by atoms with Gasteiger partial charge in [-0.15, -0.1) is 0 Å². The number of benzene rings is 3. The van der Waals surface area contributed by atoms with Gasteiger partial charge in [0.25, 0.3) is 0 Å². The minimum Gasteiger partial charge on any atom is -0.340 e. The van der Waals surface area contributed by atoms with Gasteiger partial charge < -0.3 is 10.2 Å². The summed E-state index contributed by atoms with van der Waals surface area (Å²) in [6.07, 6.45) is 0.769. The maximum atomic E-state index is 13.4. The van der Waals surface area contributed by atoms with E-state index < -0.39 is 16.1 Å². The summed E-state index contributed by atoms with van der Waals surface area (Å²) in [5.74, 6) is -0.453. The Hall–Kier alpha value is -3.49. The zero-order valence-corrected chi connectivity index (χ0v) is 19.0. The van der Waals surface area contributed by atoms with Crippen LogP contribution in [-0.2, 0) is 32.6 Å². The highest BCUT2D eigenvalue weighted by Crippen LogP contribution is 2.27. The number of carbonyl (C=O) groups excluding carboxylic acids is 2. The van der Waals surface area contributed by atoms with E-state index in [0.29, 0.717) is 30.6 Å². The number of rotatable bonds is 7. The van der Waals surface area contributed by atoms with Crippen LogP contribution in [0.3, 0.4) is 0 Å². The molecule has 8 heteroatoms.